The van der Waals surface area contributed by atoms with Crippen molar-refractivity contribution in [2.75, 3.05) is 0 Å². The van der Waals surface area contributed by atoms with E-state index in [-0.39, 0.29) is 12.2 Å². The Balaban J connectivity index is 0.000000114. The highest BCUT2D eigenvalue weighted by Crippen LogP contribution is 2.86. The van der Waals surface area contributed by atoms with Crippen molar-refractivity contribution < 1.29 is 10.2 Å². The lowest BCUT2D eigenvalue weighted by Crippen LogP contribution is -2.56. The van der Waals surface area contributed by atoms with Gasteiger partial charge in [-0.25, -0.2) is 0 Å². The molecular formula is C78H132O2. The Kier molecular flexibility index (Phi) is 15.7. The summed E-state index contributed by atoms with van der Waals surface area (Å²) >= 11 is 0. The highest BCUT2D eigenvalue weighted by molar-refractivity contribution is 5.30. The molecule has 15 aliphatic carbocycles. The van der Waals surface area contributed by atoms with Crippen molar-refractivity contribution in [2.45, 2.75) is 326 Å². The molecule has 0 saturated heterocycles. The zero-order valence-corrected chi connectivity index (χ0v) is 55.1. The van der Waals surface area contributed by atoms with Gasteiger partial charge in [-0.05, 0) is 311 Å². The molecule has 3 spiro atoms. The van der Waals surface area contributed by atoms with Crippen LogP contribution < -0.4 is 0 Å². The lowest BCUT2D eigenvalue weighted by atomic mass is 9.44. The van der Waals surface area contributed by atoms with E-state index in [4.69, 9.17) is 0 Å². The molecule has 15 fully saturated rings. The second-order valence-corrected chi connectivity index (χ2v) is 37.0. The van der Waals surface area contributed by atoms with Crippen LogP contribution in [0.1, 0.15) is 314 Å². The molecule has 456 valence electrons. The van der Waals surface area contributed by atoms with Crippen LogP contribution in [-0.4, -0.2) is 22.4 Å². The number of aliphatic hydroxyl groups excluding tert-OH is 2. The van der Waals surface area contributed by atoms with E-state index in [2.05, 4.69) is 83.1 Å². The molecule has 15 rings (SSSR count). The fourth-order valence-electron chi connectivity index (χ4n) is 30.5. The van der Waals surface area contributed by atoms with E-state index in [1.54, 1.807) is 64.2 Å². The molecule has 0 aromatic rings. The lowest BCUT2D eigenvalue weighted by molar-refractivity contribution is -0.152. The van der Waals surface area contributed by atoms with Crippen LogP contribution in [0.3, 0.4) is 0 Å². The number of rotatable bonds is 12. The average Bonchev–Trinajstić information content (AvgIpc) is 3.59. The molecule has 0 aromatic carbocycles. The van der Waals surface area contributed by atoms with Gasteiger partial charge in [0.25, 0.3) is 0 Å². The summed E-state index contributed by atoms with van der Waals surface area (Å²) in [7, 11) is 0. The smallest absolute Gasteiger partial charge is 0.0607 e. The molecule has 2 nitrogen and oxygen atoms in total. The summed E-state index contributed by atoms with van der Waals surface area (Å²) in [6.45, 7) is 30.4. The van der Waals surface area contributed by atoms with E-state index in [1.807, 2.05) is 0 Å². The van der Waals surface area contributed by atoms with Crippen molar-refractivity contribution in [1.29, 1.82) is 0 Å². The molecule has 80 heavy (non-hydrogen) atoms. The summed E-state index contributed by atoms with van der Waals surface area (Å²) < 4.78 is 0. The third kappa shape index (κ3) is 8.57. The van der Waals surface area contributed by atoms with Gasteiger partial charge in [-0.15, -0.1) is 0 Å². The van der Waals surface area contributed by atoms with E-state index in [1.165, 1.54) is 154 Å². The minimum Gasteiger partial charge on any atom is -0.393 e. The van der Waals surface area contributed by atoms with E-state index in [0.717, 1.165) is 142 Å². The fraction of sp³-hybridized carbons (Fsp3) is 1.00. The predicted molar refractivity (Wildman–Crippen MR) is 336 cm³/mol. The molecule has 15 saturated carbocycles. The highest BCUT2D eigenvalue weighted by atomic mass is 16.3. The van der Waals surface area contributed by atoms with Gasteiger partial charge in [0, 0.05) is 10.8 Å². The molecular weight excluding hydrogens is 969 g/mol. The molecule has 15 aliphatic rings. The molecule has 2 heteroatoms. The van der Waals surface area contributed by atoms with E-state index >= 15 is 0 Å². The van der Waals surface area contributed by atoms with Crippen LogP contribution in [0.25, 0.3) is 0 Å². The Bertz CT molecular complexity index is 2180. The van der Waals surface area contributed by atoms with Gasteiger partial charge < -0.3 is 10.2 Å². The maximum absolute atomic E-state index is 11.3. The van der Waals surface area contributed by atoms with Gasteiger partial charge in [0.05, 0.1) is 12.2 Å². The Morgan fingerprint density at radius 3 is 1.71 bits per heavy atom. The largest absolute Gasteiger partial charge is 0.393 e. The Morgan fingerprint density at radius 2 is 1.02 bits per heavy atom. The van der Waals surface area contributed by atoms with Gasteiger partial charge >= 0.3 is 0 Å². The van der Waals surface area contributed by atoms with Gasteiger partial charge in [0.1, 0.15) is 0 Å². The van der Waals surface area contributed by atoms with Crippen molar-refractivity contribution in [3.63, 3.8) is 0 Å². The molecule has 0 amide bonds. The first-order valence-electron chi connectivity index (χ1n) is 37.5. The first kappa shape index (κ1) is 58.9. The molecule has 0 heterocycles. The molecule has 0 radical (unpaired) electrons. The van der Waals surface area contributed by atoms with Crippen molar-refractivity contribution in [1.82, 2.24) is 0 Å². The van der Waals surface area contributed by atoms with Gasteiger partial charge in [-0.3, -0.25) is 0 Å². The molecule has 2 N–H and O–H groups in total. The van der Waals surface area contributed by atoms with Crippen LogP contribution in [0, 0.1) is 162 Å². The first-order valence-corrected chi connectivity index (χ1v) is 37.5. The second kappa shape index (κ2) is 21.3. The highest BCUT2D eigenvalue weighted by Gasteiger charge is 2.81. The summed E-state index contributed by atoms with van der Waals surface area (Å²) in [5.41, 5.74) is 4.33. The maximum atomic E-state index is 11.3. The molecule has 0 aliphatic heterocycles. The van der Waals surface area contributed by atoms with Crippen LogP contribution in [-0.2, 0) is 0 Å². The number of hydrogen-bond acceptors (Lipinski definition) is 2. The van der Waals surface area contributed by atoms with Crippen LogP contribution >= 0.6 is 0 Å². The zero-order chi connectivity index (χ0) is 56.2. The zero-order valence-electron chi connectivity index (χ0n) is 55.1. The molecule has 0 aromatic heterocycles. The van der Waals surface area contributed by atoms with Gasteiger partial charge in [0.2, 0.25) is 0 Å². The summed E-state index contributed by atoms with van der Waals surface area (Å²) in [6, 6.07) is 0. The average molecular weight is 1100 g/mol. The minimum absolute atomic E-state index is 0.0103. The lowest BCUT2D eigenvalue weighted by Gasteiger charge is -2.60. The van der Waals surface area contributed by atoms with E-state index in [9.17, 15) is 10.2 Å². The van der Waals surface area contributed by atoms with Gasteiger partial charge in [-0.1, -0.05) is 154 Å². The number of aliphatic hydroxyl groups is 2. The second-order valence-electron chi connectivity index (χ2n) is 37.0. The molecule has 28 atom stereocenters. The van der Waals surface area contributed by atoms with Crippen LogP contribution in [0.4, 0.5) is 0 Å². The Morgan fingerprint density at radius 1 is 0.412 bits per heavy atom. The number of hydrogen-bond donors (Lipinski definition) is 2. The quantitative estimate of drug-likeness (QED) is 0.204. The van der Waals surface area contributed by atoms with Crippen LogP contribution in [0.5, 0.6) is 0 Å². The van der Waals surface area contributed by atoms with Crippen molar-refractivity contribution in [3.8, 4) is 0 Å². The van der Waals surface area contributed by atoms with Crippen molar-refractivity contribution >= 4 is 0 Å². The topological polar surface area (TPSA) is 40.5 Å². The van der Waals surface area contributed by atoms with Gasteiger partial charge in [-0.2, -0.15) is 0 Å². The fourth-order valence-corrected chi connectivity index (χ4v) is 30.5. The van der Waals surface area contributed by atoms with Crippen molar-refractivity contribution in [2.24, 2.45) is 162 Å². The van der Waals surface area contributed by atoms with E-state index in [0.29, 0.717) is 32.5 Å². The third-order valence-electron chi connectivity index (χ3n) is 34.1. The first-order chi connectivity index (χ1) is 38.2. The Labute approximate surface area is 495 Å². The van der Waals surface area contributed by atoms with Gasteiger partial charge in [0.15, 0.2) is 0 Å². The van der Waals surface area contributed by atoms with E-state index < -0.39 is 0 Å². The molecule has 11 unspecified atom stereocenters. The van der Waals surface area contributed by atoms with Crippen LogP contribution in [0.2, 0.25) is 0 Å². The number of fused-ring (bicyclic) bond motifs is 13. The summed E-state index contributed by atoms with van der Waals surface area (Å²) in [5, 5.41) is 22.4. The summed E-state index contributed by atoms with van der Waals surface area (Å²) in [6.07, 6.45) is 52.9. The van der Waals surface area contributed by atoms with Crippen molar-refractivity contribution in [3.05, 3.63) is 0 Å². The SMILES string of the molecule is CC(C)CCC[C@@H](C)[C@H]1CCC2C3C(CC[C@@]21C)[C@@]1(C)CCC[C@@H](O)[C@]12CC32.CC(C)CCC[C@@H](C)[C@H]1CCC2C3C[C@@H](O)C45C[C@H]4CC[C@]5(C)C3CC[C@@]21C.CCC[C@@H]1CC[C@]23CCC4C(CC[C@H]5CCCC[C@]45C)C2CC[C@H]13. The minimum atomic E-state index is 0.0103. The maximum Gasteiger partial charge on any atom is 0.0607 e. The molecule has 0 bridgehead atoms. The van der Waals surface area contributed by atoms with Crippen LogP contribution in [0.15, 0.2) is 0 Å². The third-order valence-corrected chi connectivity index (χ3v) is 34.1. The predicted octanol–water partition coefficient (Wildman–Crippen LogP) is 21.4. The standard InChI is InChI=1S/2C27H46O.C24H40/c1-17(2)8-6-9-18(3)19-11-12-20-24-21(13-15-25(19,20)4)26(5)14-7-10-23(28)27(26)16-22(24)27;1-17(2)7-6-8-18(3)21-9-10-22-20-15-24(28)27-16-19(27)11-14-26(27,5)23(20)12-13-25(21,22)4;1-3-6-17-12-15-24-16-13-21-19(22(24)11-10-20(17)24)9-8-18-7-4-5-14-23(18,21)2/h2*17-24,28H,6-16H2,1-5H3;17-22H,3-16H2,1-2H3/t18-,19-,20?,21?,22?,23-,24?,25-,26-,27-;18-,19-,20?,21-,22?,23?,24-,25-,26-,27?;17-,18-,19?,20-,21?,22?,23+,24-/m111/s1. The monoisotopic (exact) mass is 1100 g/mol. The normalized spacial score (nSPS) is 55.6. The summed E-state index contributed by atoms with van der Waals surface area (Å²) in [4.78, 5) is 0. The Hall–Kier alpha value is -0.0800. The summed E-state index contributed by atoms with van der Waals surface area (Å²) in [5.74, 6) is 19.3.